The number of phenolic OH excluding ortho intramolecular Hbond substituents is 1. The molecular weight excluding hydrogens is 288 g/mol. The lowest BCUT2D eigenvalue weighted by Gasteiger charge is -2.07. The molecular formula is C16H12O4S. The smallest absolute Gasteiger partial charge is 0.371 e. The number of benzene rings is 2. The Kier molecular flexibility index (Phi) is 3.58. The minimum absolute atomic E-state index is 0.0545. The lowest BCUT2D eigenvalue weighted by molar-refractivity contribution is 0.0661. The Hall–Kier alpha value is -2.40. The Morgan fingerprint density at radius 2 is 1.81 bits per heavy atom. The van der Waals surface area contributed by atoms with Gasteiger partial charge in [-0.3, -0.25) is 0 Å². The Bertz CT molecular complexity index is 807. The van der Waals surface area contributed by atoms with Crippen molar-refractivity contribution >= 4 is 28.5 Å². The largest absolute Gasteiger partial charge is 0.507 e. The van der Waals surface area contributed by atoms with Crippen molar-refractivity contribution in [3.8, 4) is 5.75 Å². The summed E-state index contributed by atoms with van der Waals surface area (Å²) in [6.07, 6.45) is 0. The highest BCUT2D eigenvalue weighted by molar-refractivity contribution is 7.98. The van der Waals surface area contributed by atoms with Gasteiger partial charge in [0.05, 0.1) is 5.75 Å². The molecule has 21 heavy (non-hydrogen) atoms. The molecule has 2 N–H and O–H groups in total. The second kappa shape index (κ2) is 5.54. The number of phenols is 1. The lowest BCUT2D eigenvalue weighted by Crippen LogP contribution is -1.91. The van der Waals surface area contributed by atoms with Crippen LogP contribution in [0.25, 0.3) is 10.8 Å². The topological polar surface area (TPSA) is 70.7 Å². The number of aromatic hydroxyl groups is 1. The maximum atomic E-state index is 10.8. The van der Waals surface area contributed by atoms with Crippen molar-refractivity contribution in [3.63, 3.8) is 0 Å². The maximum Gasteiger partial charge on any atom is 0.371 e. The van der Waals surface area contributed by atoms with Crippen LogP contribution in [0.3, 0.4) is 0 Å². The van der Waals surface area contributed by atoms with Gasteiger partial charge in [0.25, 0.3) is 0 Å². The van der Waals surface area contributed by atoms with E-state index in [4.69, 9.17) is 9.52 Å². The van der Waals surface area contributed by atoms with Crippen molar-refractivity contribution in [1.29, 1.82) is 0 Å². The van der Waals surface area contributed by atoms with Gasteiger partial charge in [-0.15, -0.1) is 11.8 Å². The van der Waals surface area contributed by atoms with Gasteiger partial charge in [0.2, 0.25) is 5.76 Å². The minimum atomic E-state index is -1.07. The van der Waals surface area contributed by atoms with Crippen molar-refractivity contribution in [1.82, 2.24) is 0 Å². The van der Waals surface area contributed by atoms with E-state index >= 15 is 0 Å². The molecule has 2 aromatic carbocycles. The summed E-state index contributed by atoms with van der Waals surface area (Å²) in [5.74, 6) is 0.264. The monoisotopic (exact) mass is 300 g/mol. The molecule has 0 aliphatic heterocycles. The van der Waals surface area contributed by atoms with Crippen LogP contribution in [0.5, 0.6) is 5.75 Å². The fourth-order valence-electron chi connectivity index (χ4n) is 2.10. The lowest BCUT2D eigenvalue weighted by atomic mass is 10.1. The molecule has 1 aromatic heterocycles. The van der Waals surface area contributed by atoms with Crippen LogP contribution in [0.2, 0.25) is 0 Å². The average molecular weight is 300 g/mol. The molecule has 3 rings (SSSR count). The number of hydrogen-bond acceptors (Lipinski definition) is 4. The highest BCUT2D eigenvalue weighted by atomic mass is 32.2. The van der Waals surface area contributed by atoms with Gasteiger partial charge in [-0.1, -0.05) is 24.3 Å². The molecule has 0 amide bonds. The van der Waals surface area contributed by atoms with E-state index in [1.165, 1.54) is 17.8 Å². The second-order valence-electron chi connectivity index (χ2n) is 4.49. The van der Waals surface area contributed by atoms with Crippen LogP contribution >= 0.6 is 11.8 Å². The number of furan rings is 1. The highest BCUT2D eigenvalue weighted by Crippen LogP contribution is 2.34. The molecule has 106 valence electrons. The molecule has 0 fully saturated rings. The van der Waals surface area contributed by atoms with E-state index in [2.05, 4.69) is 0 Å². The number of thioether (sulfide) groups is 1. The van der Waals surface area contributed by atoms with Crippen LogP contribution < -0.4 is 0 Å². The molecule has 1 heterocycles. The molecule has 0 aliphatic rings. The van der Waals surface area contributed by atoms with Gasteiger partial charge in [0, 0.05) is 10.3 Å². The number of carboxylic acids is 1. The Labute approximate surface area is 125 Å². The van der Waals surface area contributed by atoms with Crippen molar-refractivity contribution in [3.05, 3.63) is 60.1 Å². The summed E-state index contributed by atoms with van der Waals surface area (Å²) >= 11 is 1.54. The molecule has 0 saturated heterocycles. The molecule has 0 saturated carbocycles. The summed E-state index contributed by atoms with van der Waals surface area (Å²) in [6.45, 7) is 0. The van der Waals surface area contributed by atoms with Crippen LogP contribution in [0.1, 0.15) is 16.3 Å². The predicted molar refractivity (Wildman–Crippen MR) is 80.8 cm³/mol. The first kappa shape index (κ1) is 13.6. The molecule has 0 bridgehead atoms. The van der Waals surface area contributed by atoms with Crippen molar-refractivity contribution in [2.45, 2.75) is 10.6 Å². The standard InChI is InChI=1S/C16H12O4S/c17-13-6-8-15(12-4-2-1-3-11(12)13)21-9-10-5-7-14(20-10)16(18)19/h1-8,17H,9H2,(H,18,19). The number of carbonyl (C=O) groups is 1. The van der Waals surface area contributed by atoms with E-state index in [9.17, 15) is 9.90 Å². The fourth-order valence-corrected chi connectivity index (χ4v) is 3.05. The average Bonchev–Trinajstić information content (AvgIpc) is 2.96. The molecule has 0 aliphatic carbocycles. The van der Waals surface area contributed by atoms with E-state index in [0.29, 0.717) is 11.5 Å². The van der Waals surface area contributed by atoms with Gasteiger partial charge >= 0.3 is 5.97 Å². The van der Waals surface area contributed by atoms with E-state index in [-0.39, 0.29) is 11.5 Å². The summed E-state index contributed by atoms with van der Waals surface area (Å²) in [6, 6.07) is 14.2. The molecule has 0 radical (unpaired) electrons. The quantitative estimate of drug-likeness (QED) is 0.709. The number of rotatable bonds is 4. The third kappa shape index (κ3) is 2.73. The zero-order valence-electron chi connectivity index (χ0n) is 10.9. The Balaban J connectivity index is 1.85. The van der Waals surface area contributed by atoms with Gasteiger partial charge < -0.3 is 14.6 Å². The van der Waals surface area contributed by atoms with Gasteiger partial charge in [0.1, 0.15) is 11.5 Å². The number of aromatic carboxylic acids is 1. The van der Waals surface area contributed by atoms with E-state index in [0.717, 1.165) is 15.7 Å². The van der Waals surface area contributed by atoms with Gasteiger partial charge in [-0.2, -0.15) is 0 Å². The second-order valence-corrected chi connectivity index (χ2v) is 5.51. The molecule has 0 spiro atoms. The molecule has 0 unspecified atom stereocenters. The zero-order valence-corrected chi connectivity index (χ0v) is 11.8. The maximum absolute atomic E-state index is 10.8. The Morgan fingerprint density at radius 1 is 1.05 bits per heavy atom. The molecule has 0 atom stereocenters. The van der Waals surface area contributed by atoms with Crippen molar-refractivity contribution in [2.75, 3.05) is 0 Å². The SMILES string of the molecule is O=C(O)c1ccc(CSc2ccc(O)c3ccccc23)o1. The van der Waals surface area contributed by atoms with Crippen LogP contribution in [-0.2, 0) is 5.75 Å². The zero-order chi connectivity index (χ0) is 14.8. The normalized spacial score (nSPS) is 10.9. The van der Waals surface area contributed by atoms with Gasteiger partial charge in [0.15, 0.2) is 0 Å². The van der Waals surface area contributed by atoms with Crippen molar-refractivity contribution < 1.29 is 19.4 Å². The number of fused-ring (bicyclic) bond motifs is 1. The third-order valence-electron chi connectivity index (χ3n) is 3.10. The third-order valence-corrected chi connectivity index (χ3v) is 4.20. The predicted octanol–water partition coefficient (Wildman–Crippen LogP) is 4.13. The molecule has 5 heteroatoms. The number of carboxylic acid groups (broad SMARTS) is 1. The van der Waals surface area contributed by atoms with Crippen LogP contribution in [0.4, 0.5) is 0 Å². The summed E-state index contributed by atoms with van der Waals surface area (Å²) < 4.78 is 5.23. The van der Waals surface area contributed by atoms with Crippen molar-refractivity contribution in [2.24, 2.45) is 0 Å². The summed E-state index contributed by atoms with van der Waals surface area (Å²) in [4.78, 5) is 11.8. The highest BCUT2D eigenvalue weighted by Gasteiger charge is 2.10. The van der Waals surface area contributed by atoms with E-state index < -0.39 is 5.97 Å². The van der Waals surface area contributed by atoms with Crippen LogP contribution in [-0.4, -0.2) is 16.2 Å². The Morgan fingerprint density at radius 3 is 2.52 bits per heavy atom. The first-order valence-electron chi connectivity index (χ1n) is 6.30. The molecule has 4 nitrogen and oxygen atoms in total. The first-order chi connectivity index (χ1) is 10.1. The van der Waals surface area contributed by atoms with E-state index in [1.54, 1.807) is 12.1 Å². The minimum Gasteiger partial charge on any atom is -0.507 e. The molecule has 3 aromatic rings. The van der Waals surface area contributed by atoms with Crippen LogP contribution in [0.15, 0.2) is 57.8 Å². The summed E-state index contributed by atoms with van der Waals surface area (Å²) in [5.41, 5.74) is 0. The first-order valence-corrected chi connectivity index (χ1v) is 7.29. The van der Waals surface area contributed by atoms with E-state index in [1.807, 2.05) is 30.3 Å². The van der Waals surface area contributed by atoms with Crippen LogP contribution in [0, 0.1) is 0 Å². The fraction of sp³-hybridized carbons (Fsp3) is 0.0625. The summed E-state index contributed by atoms with van der Waals surface area (Å²) in [5, 5.41) is 20.4. The van der Waals surface area contributed by atoms with Gasteiger partial charge in [-0.05, 0) is 29.7 Å². The van der Waals surface area contributed by atoms with Gasteiger partial charge in [-0.25, -0.2) is 4.79 Å². The number of hydrogen-bond donors (Lipinski definition) is 2. The summed E-state index contributed by atoms with van der Waals surface area (Å²) in [7, 11) is 0.